The number of carbonyl (C=O) groups is 1. The zero-order chi connectivity index (χ0) is 13.5. The van der Waals surface area contributed by atoms with Gasteiger partial charge >= 0.3 is 0 Å². The van der Waals surface area contributed by atoms with Crippen molar-refractivity contribution in [1.29, 1.82) is 0 Å². The first-order chi connectivity index (χ1) is 9.16. The van der Waals surface area contributed by atoms with Crippen LogP contribution in [0.3, 0.4) is 0 Å². The van der Waals surface area contributed by atoms with Gasteiger partial charge < -0.3 is 10.0 Å². The highest BCUT2D eigenvalue weighted by molar-refractivity contribution is 6.00. The normalized spacial score (nSPS) is 16.3. The number of hydrogen-bond acceptors (Lipinski definition) is 2. The smallest absolute Gasteiger partial charge is 0.235 e. The minimum Gasteiger partial charge on any atom is -0.395 e. The number of aliphatic hydroxyl groups excluding tert-OH is 1. The van der Waals surface area contributed by atoms with Gasteiger partial charge in [-0.05, 0) is 35.7 Å². The summed E-state index contributed by atoms with van der Waals surface area (Å²) < 4.78 is 0. The summed E-state index contributed by atoms with van der Waals surface area (Å²) >= 11 is 0. The maximum Gasteiger partial charge on any atom is 0.235 e. The summed E-state index contributed by atoms with van der Waals surface area (Å²) in [5.41, 5.74) is 0.365. The Labute approximate surface area is 112 Å². The molecule has 3 heteroatoms. The van der Waals surface area contributed by atoms with Crippen molar-refractivity contribution >= 4 is 22.4 Å². The van der Waals surface area contributed by atoms with E-state index in [1.165, 1.54) is 0 Å². The van der Waals surface area contributed by atoms with Crippen LogP contribution in [-0.4, -0.2) is 24.7 Å². The first-order valence-electron chi connectivity index (χ1n) is 6.54. The molecule has 0 atom stereocenters. The number of amides is 1. The van der Waals surface area contributed by atoms with Gasteiger partial charge in [-0.15, -0.1) is 0 Å². The lowest BCUT2D eigenvalue weighted by Crippen LogP contribution is -2.36. The summed E-state index contributed by atoms with van der Waals surface area (Å²) in [6.07, 6.45) is 1.58. The summed E-state index contributed by atoms with van der Waals surface area (Å²) in [7, 11) is 1.78. The number of fused-ring (bicyclic) bond motifs is 1. The van der Waals surface area contributed by atoms with Crippen molar-refractivity contribution in [2.75, 3.05) is 18.6 Å². The van der Waals surface area contributed by atoms with E-state index >= 15 is 0 Å². The maximum atomic E-state index is 12.4. The predicted octanol–water partition coefficient (Wildman–Crippen LogP) is 2.58. The van der Waals surface area contributed by atoms with Crippen molar-refractivity contribution in [3.63, 3.8) is 0 Å². The van der Waals surface area contributed by atoms with Gasteiger partial charge in [0.15, 0.2) is 0 Å². The van der Waals surface area contributed by atoms with Crippen molar-refractivity contribution < 1.29 is 9.90 Å². The van der Waals surface area contributed by atoms with Gasteiger partial charge in [0.2, 0.25) is 5.91 Å². The number of rotatable bonds is 3. The molecule has 0 unspecified atom stereocenters. The summed E-state index contributed by atoms with van der Waals surface area (Å²) in [6.45, 7) is -0.0518. The Kier molecular flexibility index (Phi) is 2.79. The first-order valence-corrected chi connectivity index (χ1v) is 6.54. The van der Waals surface area contributed by atoms with Gasteiger partial charge in [-0.2, -0.15) is 0 Å². The number of benzene rings is 2. The third kappa shape index (κ3) is 2.00. The van der Waals surface area contributed by atoms with Crippen molar-refractivity contribution in [1.82, 2.24) is 0 Å². The van der Waals surface area contributed by atoms with Crippen LogP contribution in [0.25, 0.3) is 10.8 Å². The van der Waals surface area contributed by atoms with Gasteiger partial charge in [0.05, 0.1) is 12.0 Å². The summed E-state index contributed by atoms with van der Waals surface area (Å²) in [5.74, 6) is 0.0188. The van der Waals surface area contributed by atoms with Crippen molar-refractivity contribution in [2.45, 2.75) is 12.8 Å². The number of carbonyl (C=O) groups excluding carboxylic acids is 1. The van der Waals surface area contributed by atoms with E-state index in [1.54, 1.807) is 11.9 Å². The molecule has 0 bridgehead atoms. The van der Waals surface area contributed by atoms with Crippen LogP contribution in [0.4, 0.5) is 5.69 Å². The fourth-order valence-electron chi connectivity index (χ4n) is 2.45. The van der Waals surface area contributed by atoms with Crippen LogP contribution in [0.1, 0.15) is 12.8 Å². The first kappa shape index (κ1) is 12.2. The molecule has 1 aliphatic carbocycles. The monoisotopic (exact) mass is 255 g/mol. The molecule has 1 aliphatic rings. The van der Waals surface area contributed by atoms with E-state index in [0.717, 1.165) is 29.3 Å². The average Bonchev–Trinajstić information content (AvgIpc) is 3.26. The molecule has 2 aromatic rings. The van der Waals surface area contributed by atoms with E-state index in [1.807, 2.05) is 36.4 Å². The number of hydrogen-bond donors (Lipinski definition) is 1. The van der Waals surface area contributed by atoms with Gasteiger partial charge in [-0.25, -0.2) is 0 Å². The number of anilines is 1. The topological polar surface area (TPSA) is 40.5 Å². The molecular weight excluding hydrogens is 238 g/mol. The SMILES string of the molecule is CN(C(=O)C1(CO)CC1)c1ccc2ccccc2c1. The van der Waals surface area contributed by atoms with E-state index in [2.05, 4.69) is 6.07 Å². The van der Waals surface area contributed by atoms with Gasteiger partial charge in [0.25, 0.3) is 0 Å². The van der Waals surface area contributed by atoms with E-state index in [-0.39, 0.29) is 12.5 Å². The Morgan fingerprint density at radius 3 is 2.53 bits per heavy atom. The van der Waals surface area contributed by atoms with Crippen LogP contribution in [0.5, 0.6) is 0 Å². The summed E-state index contributed by atoms with van der Waals surface area (Å²) in [5, 5.41) is 11.6. The summed E-state index contributed by atoms with van der Waals surface area (Å²) in [4.78, 5) is 14.0. The second-order valence-electron chi connectivity index (χ2n) is 5.33. The highest BCUT2D eigenvalue weighted by atomic mass is 16.3. The van der Waals surface area contributed by atoms with Crippen LogP contribution in [-0.2, 0) is 4.79 Å². The van der Waals surface area contributed by atoms with E-state index in [0.29, 0.717) is 0 Å². The van der Waals surface area contributed by atoms with Crippen molar-refractivity contribution in [3.05, 3.63) is 42.5 Å². The lowest BCUT2D eigenvalue weighted by molar-refractivity contribution is -0.124. The molecule has 0 radical (unpaired) electrons. The van der Waals surface area contributed by atoms with Crippen molar-refractivity contribution in [2.24, 2.45) is 5.41 Å². The van der Waals surface area contributed by atoms with E-state index in [9.17, 15) is 9.90 Å². The van der Waals surface area contributed by atoms with Crippen LogP contribution in [0, 0.1) is 5.41 Å². The molecular formula is C16H17NO2. The molecule has 1 N–H and O–H groups in total. The molecule has 1 saturated carbocycles. The molecule has 0 saturated heterocycles. The zero-order valence-corrected chi connectivity index (χ0v) is 11.0. The second-order valence-corrected chi connectivity index (χ2v) is 5.33. The number of nitrogens with zero attached hydrogens (tertiary/aromatic N) is 1. The van der Waals surface area contributed by atoms with Crippen LogP contribution in [0.15, 0.2) is 42.5 Å². The Bertz CT molecular complexity index is 631. The Balaban J connectivity index is 1.93. The fraction of sp³-hybridized carbons (Fsp3) is 0.312. The summed E-state index contributed by atoms with van der Waals surface area (Å²) in [6, 6.07) is 14.1. The number of aliphatic hydroxyl groups is 1. The predicted molar refractivity (Wildman–Crippen MR) is 76.1 cm³/mol. The Morgan fingerprint density at radius 2 is 1.89 bits per heavy atom. The quantitative estimate of drug-likeness (QED) is 0.915. The van der Waals surface area contributed by atoms with Crippen LogP contribution < -0.4 is 4.90 Å². The molecule has 0 heterocycles. The lowest BCUT2D eigenvalue weighted by Gasteiger charge is -2.22. The molecule has 0 spiro atoms. The maximum absolute atomic E-state index is 12.4. The highest BCUT2D eigenvalue weighted by Crippen LogP contribution is 2.47. The van der Waals surface area contributed by atoms with Crippen LogP contribution >= 0.6 is 0 Å². The molecule has 0 aromatic heterocycles. The molecule has 1 fully saturated rings. The second kappa shape index (κ2) is 4.35. The highest BCUT2D eigenvalue weighted by Gasteiger charge is 2.50. The molecule has 3 nitrogen and oxygen atoms in total. The minimum absolute atomic E-state index is 0.0188. The average molecular weight is 255 g/mol. The third-order valence-electron chi connectivity index (χ3n) is 4.03. The minimum atomic E-state index is -0.513. The molecule has 19 heavy (non-hydrogen) atoms. The molecule has 98 valence electrons. The fourth-order valence-corrected chi connectivity index (χ4v) is 2.45. The zero-order valence-electron chi connectivity index (χ0n) is 11.0. The van der Waals surface area contributed by atoms with Crippen LogP contribution in [0.2, 0.25) is 0 Å². The standard InChI is InChI=1S/C16H17NO2/c1-17(15(19)16(11-18)8-9-16)14-7-6-12-4-2-3-5-13(12)10-14/h2-7,10,18H,8-9,11H2,1H3. The largest absolute Gasteiger partial charge is 0.395 e. The third-order valence-corrected chi connectivity index (χ3v) is 4.03. The molecule has 2 aromatic carbocycles. The van der Waals surface area contributed by atoms with Gasteiger partial charge in [-0.3, -0.25) is 4.79 Å². The lowest BCUT2D eigenvalue weighted by atomic mass is 10.1. The van der Waals surface area contributed by atoms with Gasteiger partial charge in [-0.1, -0.05) is 30.3 Å². The Hall–Kier alpha value is -1.87. The molecule has 0 aliphatic heterocycles. The van der Waals surface area contributed by atoms with E-state index < -0.39 is 5.41 Å². The van der Waals surface area contributed by atoms with Gasteiger partial charge in [0, 0.05) is 12.7 Å². The van der Waals surface area contributed by atoms with Crippen molar-refractivity contribution in [3.8, 4) is 0 Å². The van der Waals surface area contributed by atoms with Gasteiger partial charge in [0.1, 0.15) is 0 Å². The molecule has 1 amide bonds. The Morgan fingerprint density at radius 1 is 1.21 bits per heavy atom. The molecule has 3 rings (SSSR count). The van der Waals surface area contributed by atoms with E-state index in [4.69, 9.17) is 0 Å².